The first-order valence-corrected chi connectivity index (χ1v) is 5.79. The van der Waals surface area contributed by atoms with Crippen molar-refractivity contribution in [3.63, 3.8) is 0 Å². The molecule has 0 unspecified atom stereocenters. The van der Waals surface area contributed by atoms with E-state index in [2.05, 4.69) is 4.74 Å². The highest BCUT2D eigenvalue weighted by Gasteiger charge is 2.48. The first-order chi connectivity index (χ1) is 8.75. The smallest absolute Gasteiger partial charge is 0.436 e. The van der Waals surface area contributed by atoms with Crippen molar-refractivity contribution in [3.8, 4) is 5.75 Å². The van der Waals surface area contributed by atoms with E-state index in [4.69, 9.17) is 16.3 Å². The number of aryl methyl sites for hydroxylation is 1. The molecule has 0 aliphatic carbocycles. The summed E-state index contributed by atoms with van der Waals surface area (Å²) in [5, 5.41) is 0.365. The van der Waals surface area contributed by atoms with Crippen molar-refractivity contribution >= 4 is 17.6 Å². The molecule has 1 aromatic rings. The number of hydrogen-bond acceptors (Lipinski definition) is 3. The second-order valence-electron chi connectivity index (χ2n) is 3.70. The third kappa shape index (κ3) is 4.31. The predicted molar refractivity (Wildman–Crippen MR) is 63.3 cm³/mol. The SMILES string of the molecule is CCOC(=O)[C@H](Oc1ccc(Cl)cc1C)C(F)(F)F. The minimum Gasteiger partial charge on any atom is -0.469 e. The summed E-state index contributed by atoms with van der Waals surface area (Å²) in [6.45, 7) is 2.78. The van der Waals surface area contributed by atoms with E-state index in [1.54, 1.807) is 0 Å². The standard InChI is InChI=1S/C12H12ClF3O3/c1-3-18-11(17)10(12(14,15)16)19-9-5-4-8(13)6-7(9)2/h4-6,10H,3H2,1-2H3/t10-/m0/s1. The summed E-state index contributed by atoms with van der Waals surface area (Å²) in [6, 6.07) is 4.09. The van der Waals surface area contributed by atoms with Gasteiger partial charge in [0.05, 0.1) is 6.61 Å². The van der Waals surface area contributed by atoms with Gasteiger partial charge in [-0.15, -0.1) is 0 Å². The van der Waals surface area contributed by atoms with Crippen LogP contribution in [0.4, 0.5) is 13.2 Å². The molecule has 3 nitrogen and oxygen atoms in total. The van der Waals surface area contributed by atoms with Crippen LogP contribution in [0.2, 0.25) is 5.02 Å². The summed E-state index contributed by atoms with van der Waals surface area (Å²) >= 11 is 5.69. The lowest BCUT2D eigenvalue weighted by Gasteiger charge is -2.21. The third-order valence-corrected chi connectivity index (χ3v) is 2.41. The van der Waals surface area contributed by atoms with E-state index in [0.717, 1.165) is 0 Å². The normalized spacial score (nSPS) is 12.9. The van der Waals surface area contributed by atoms with Crippen LogP contribution in [0.3, 0.4) is 0 Å². The monoisotopic (exact) mass is 296 g/mol. The van der Waals surface area contributed by atoms with Gasteiger partial charge in [-0.05, 0) is 37.6 Å². The van der Waals surface area contributed by atoms with E-state index < -0.39 is 18.2 Å². The highest BCUT2D eigenvalue weighted by molar-refractivity contribution is 6.30. The predicted octanol–water partition coefficient (Wildman–Crippen LogP) is 3.52. The molecule has 0 bridgehead atoms. The molecule has 0 aliphatic rings. The van der Waals surface area contributed by atoms with Gasteiger partial charge in [0.15, 0.2) is 0 Å². The molecule has 0 N–H and O–H groups in total. The lowest BCUT2D eigenvalue weighted by atomic mass is 10.2. The maximum atomic E-state index is 12.7. The maximum absolute atomic E-state index is 12.7. The molecule has 0 fully saturated rings. The van der Waals surface area contributed by atoms with Crippen LogP contribution in [0, 0.1) is 6.92 Å². The zero-order chi connectivity index (χ0) is 14.6. The van der Waals surface area contributed by atoms with Gasteiger partial charge in [0, 0.05) is 5.02 Å². The first-order valence-electron chi connectivity index (χ1n) is 5.42. The topological polar surface area (TPSA) is 35.5 Å². The first kappa shape index (κ1) is 15.6. The van der Waals surface area contributed by atoms with Gasteiger partial charge in [-0.25, -0.2) is 4.79 Å². The quantitative estimate of drug-likeness (QED) is 0.798. The molecule has 0 saturated carbocycles. The Morgan fingerprint density at radius 2 is 2.05 bits per heavy atom. The molecule has 0 amide bonds. The van der Waals surface area contributed by atoms with E-state index in [-0.39, 0.29) is 12.4 Å². The largest absolute Gasteiger partial charge is 0.469 e. The number of benzene rings is 1. The van der Waals surface area contributed by atoms with Gasteiger partial charge in [0.1, 0.15) is 5.75 Å². The molecular formula is C12H12ClF3O3. The van der Waals surface area contributed by atoms with E-state index >= 15 is 0 Å². The molecule has 7 heteroatoms. The van der Waals surface area contributed by atoms with Gasteiger partial charge in [-0.2, -0.15) is 13.2 Å². The van der Waals surface area contributed by atoms with Crippen molar-refractivity contribution in [2.24, 2.45) is 0 Å². The number of rotatable bonds is 4. The molecule has 0 aliphatic heterocycles. The molecule has 0 heterocycles. The van der Waals surface area contributed by atoms with Crippen LogP contribution in [-0.4, -0.2) is 24.9 Å². The molecule has 1 atom stereocenters. The highest BCUT2D eigenvalue weighted by Crippen LogP contribution is 2.29. The van der Waals surface area contributed by atoms with E-state index in [0.29, 0.717) is 10.6 Å². The van der Waals surface area contributed by atoms with E-state index in [1.165, 1.54) is 32.0 Å². The number of ether oxygens (including phenoxy) is 2. The zero-order valence-corrected chi connectivity index (χ0v) is 11.0. The second-order valence-corrected chi connectivity index (χ2v) is 4.14. The van der Waals surface area contributed by atoms with Gasteiger partial charge in [0.25, 0.3) is 6.10 Å². The van der Waals surface area contributed by atoms with Crippen molar-refractivity contribution in [3.05, 3.63) is 28.8 Å². The second kappa shape index (κ2) is 6.14. The Balaban J connectivity index is 2.98. The average molecular weight is 297 g/mol. The molecule has 0 spiro atoms. The summed E-state index contributed by atoms with van der Waals surface area (Å²) in [5.74, 6) is -1.54. The fourth-order valence-electron chi connectivity index (χ4n) is 1.34. The molecule has 0 radical (unpaired) electrons. The number of carbonyl (C=O) groups excluding carboxylic acids is 1. The van der Waals surface area contributed by atoms with Gasteiger partial charge < -0.3 is 9.47 Å². The fraction of sp³-hybridized carbons (Fsp3) is 0.417. The lowest BCUT2D eigenvalue weighted by Crippen LogP contribution is -2.42. The summed E-state index contributed by atoms with van der Waals surface area (Å²) < 4.78 is 47.3. The molecule has 1 rings (SSSR count). The summed E-state index contributed by atoms with van der Waals surface area (Å²) in [5.41, 5.74) is 0.394. The van der Waals surface area contributed by atoms with Crippen molar-refractivity contribution in [2.75, 3.05) is 6.61 Å². The highest BCUT2D eigenvalue weighted by atomic mass is 35.5. The number of hydrogen-bond donors (Lipinski definition) is 0. The lowest BCUT2D eigenvalue weighted by molar-refractivity contribution is -0.211. The van der Waals surface area contributed by atoms with Crippen molar-refractivity contribution < 1.29 is 27.4 Å². The average Bonchev–Trinajstić information content (AvgIpc) is 2.26. The van der Waals surface area contributed by atoms with Gasteiger partial charge in [0.2, 0.25) is 0 Å². The van der Waals surface area contributed by atoms with Crippen LogP contribution in [0.1, 0.15) is 12.5 Å². The van der Waals surface area contributed by atoms with Gasteiger partial charge in [-0.1, -0.05) is 11.6 Å². The Labute approximate surface area is 113 Å². The zero-order valence-electron chi connectivity index (χ0n) is 10.3. The molecular weight excluding hydrogens is 285 g/mol. The van der Waals surface area contributed by atoms with Crippen LogP contribution in [0.5, 0.6) is 5.75 Å². The van der Waals surface area contributed by atoms with Crippen LogP contribution < -0.4 is 4.74 Å². The van der Waals surface area contributed by atoms with E-state index in [1.807, 2.05) is 0 Å². The van der Waals surface area contributed by atoms with Crippen molar-refractivity contribution in [1.29, 1.82) is 0 Å². The maximum Gasteiger partial charge on any atom is 0.436 e. The molecule has 0 saturated heterocycles. The third-order valence-electron chi connectivity index (χ3n) is 2.18. The number of alkyl halides is 3. The molecule has 0 aromatic heterocycles. The van der Waals surface area contributed by atoms with Crippen LogP contribution in [0.25, 0.3) is 0 Å². The Kier molecular flexibility index (Phi) is 5.05. The number of halogens is 4. The summed E-state index contributed by atoms with van der Waals surface area (Å²) in [4.78, 5) is 11.3. The van der Waals surface area contributed by atoms with Gasteiger partial charge >= 0.3 is 12.1 Å². The Bertz CT molecular complexity index is 460. The molecule has 106 valence electrons. The van der Waals surface area contributed by atoms with Crippen LogP contribution >= 0.6 is 11.6 Å². The van der Waals surface area contributed by atoms with Crippen LogP contribution in [-0.2, 0) is 9.53 Å². The Morgan fingerprint density at radius 1 is 1.42 bits per heavy atom. The number of carbonyl (C=O) groups is 1. The molecule has 19 heavy (non-hydrogen) atoms. The Hall–Kier alpha value is -1.43. The Morgan fingerprint density at radius 3 is 2.53 bits per heavy atom. The van der Waals surface area contributed by atoms with E-state index in [9.17, 15) is 18.0 Å². The fourth-order valence-corrected chi connectivity index (χ4v) is 1.57. The minimum atomic E-state index is -4.85. The summed E-state index contributed by atoms with van der Waals surface area (Å²) in [6.07, 6.45) is -7.49. The molecule has 1 aromatic carbocycles. The van der Waals surface area contributed by atoms with Gasteiger partial charge in [-0.3, -0.25) is 0 Å². The van der Waals surface area contributed by atoms with Crippen molar-refractivity contribution in [1.82, 2.24) is 0 Å². The minimum absolute atomic E-state index is 0.0696. The number of esters is 1. The summed E-state index contributed by atoms with van der Waals surface area (Å²) in [7, 11) is 0. The van der Waals surface area contributed by atoms with Crippen LogP contribution in [0.15, 0.2) is 18.2 Å². The van der Waals surface area contributed by atoms with Crippen molar-refractivity contribution in [2.45, 2.75) is 26.1 Å².